The van der Waals surface area contributed by atoms with Gasteiger partial charge in [0.15, 0.2) is 5.69 Å². The summed E-state index contributed by atoms with van der Waals surface area (Å²) in [5.74, 6) is 0.521. The zero-order valence-electron chi connectivity index (χ0n) is 10.7. The number of carbonyl (C=O) groups excluding carboxylic acids is 1. The molecule has 0 radical (unpaired) electrons. The zero-order valence-corrected chi connectivity index (χ0v) is 10.7. The van der Waals surface area contributed by atoms with Crippen LogP contribution in [0.2, 0.25) is 0 Å². The molecule has 5 heteroatoms. The average molecular weight is 257 g/mol. The van der Waals surface area contributed by atoms with E-state index in [4.69, 9.17) is 4.74 Å². The topological polar surface area (TPSA) is 56.1 Å². The first-order valence-electron chi connectivity index (χ1n) is 6.31. The van der Waals surface area contributed by atoms with Crippen molar-refractivity contribution in [1.82, 2.24) is 9.78 Å². The molecule has 19 heavy (non-hydrogen) atoms. The summed E-state index contributed by atoms with van der Waals surface area (Å²) < 4.78 is 6.59. The molecule has 0 spiro atoms. The van der Waals surface area contributed by atoms with Crippen molar-refractivity contribution in [1.29, 1.82) is 0 Å². The van der Waals surface area contributed by atoms with E-state index in [9.17, 15) is 4.79 Å². The molecule has 1 aliphatic rings. The Kier molecular flexibility index (Phi) is 2.95. The lowest BCUT2D eigenvalue weighted by Gasteiger charge is -2.16. The molecule has 1 aromatic heterocycles. The molecule has 5 nitrogen and oxygen atoms in total. The third-order valence-corrected chi connectivity index (χ3v) is 3.26. The van der Waals surface area contributed by atoms with Gasteiger partial charge in [-0.2, -0.15) is 5.10 Å². The standard InChI is InChI=1S/C14H15N3O2/c1-19-14(18)12-11-8-5-9-15-13(11)17(16-12)10-6-3-2-4-7-10/h2-4,6-7,15H,5,8-9H2,1H3. The molecule has 0 bridgehead atoms. The maximum Gasteiger partial charge on any atom is 0.358 e. The number of carbonyl (C=O) groups is 1. The second-order valence-corrected chi connectivity index (χ2v) is 4.45. The lowest BCUT2D eigenvalue weighted by molar-refractivity contribution is 0.0592. The Morgan fingerprint density at radius 2 is 2.16 bits per heavy atom. The molecule has 0 unspecified atom stereocenters. The SMILES string of the molecule is COC(=O)c1nn(-c2ccccc2)c2c1CCCN2. The summed E-state index contributed by atoms with van der Waals surface area (Å²) in [6.07, 6.45) is 1.84. The quantitative estimate of drug-likeness (QED) is 0.836. The third kappa shape index (κ3) is 1.97. The fourth-order valence-corrected chi connectivity index (χ4v) is 2.36. The molecule has 0 fully saturated rings. The number of hydrogen-bond donors (Lipinski definition) is 1. The van der Waals surface area contributed by atoms with Gasteiger partial charge in [0.05, 0.1) is 12.8 Å². The summed E-state index contributed by atoms with van der Waals surface area (Å²) in [7, 11) is 1.38. The molecule has 0 saturated carbocycles. The van der Waals surface area contributed by atoms with Gasteiger partial charge in [0.1, 0.15) is 5.82 Å². The molecule has 0 atom stereocenters. The van der Waals surface area contributed by atoms with Gasteiger partial charge in [-0.25, -0.2) is 9.48 Å². The van der Waals surface area contributed by atoms with Crippen LogP contribution in [0, 0.1) is 0 Å². The number of ether oxygens (including phenoxy) is 1. The summed E-state index contributed by atoms with van der Waals surface area (Å²) in [6.45, 7) is 0.895. The van der Waals surface area contributed by atoms with Crippen molar-refractivity contribution < 1.29 is 9.53 Å². The largest absolute Gasteiger partial charge is 0.464 e. The lowest BCUT2D eigenvalue weighted by Crippen LogP contribution is -2.15. The first-order valence-corrected chi connectivity index (χ1v) is 6.31. The zero-order chi connectivity index (χ0) is 13.2. The van der Waals surface area contributed by atoms with Crippen LogP contribution in [0.3, 0.4) is 0 Å². The van der Waals surface area contributed by atoms with Crippen molar-refractivity contribution in [2.24, 2.45) is 0 Å². The van der Waals surface area contributed by atoms with Gasteiger partial charge in [-0.15, -0.1) is 0 Å². The second-order valence-electron chi connectivity index (χ2n) is 4.45. The van der Waals surface area contributed by atoms with E-state index in [0.717, 1.165) is 36.5 Å². The van der Waals surface area contributed by atoms with Gasteiger partial charge >= 0.3 is 5.97 Å². The molecule has 1 N–H and O–H groups in total. The third-order valence-electron chi connectivity index (χ3n) is 3.26. The van der Waals surface area contributed by atoms with Crippen LogP contribution < -0.4 is 5.32 Å². The van der Waals surface area contributed by atoms with E-state index in [0.29, 0.717) is 5.69 Å². The van der Waals surface area contributed by atoms with E-state index in [-0.39, 0.29) is 5.97 Å². The Hall–Kier alpha value is -2.30. The number of rotatable bonds is 2. The fourth-order valence-electron chi connectivity index (χ4n) is 2.36. The van der Waals surface area contributed by atoms with E-state index < -0.39 is 0 Å². The summed E-state index contributed by atoms with van der Waals surface area (Å²) in [4.78, 5) is 11.8. The Morgan fingerprint density at radius 1 is 1.37 bits per heavy atom. The van der Waals surface area contributed by atoms with Gasteiger partial charge in [-0.1, -0.05) is 18.2 Å². The number of fused-ring (bicyclic) bond motifs is 1. The van der Waals surface area contributed by atoms with Gasteiger partial charge in [-0.05, 0) is 25.0 Å². The number of benzene rings is 1. The van der Waals surface area contributed by atoms with Crippen LogP contribution in [0.4, 0.5) is 5.82 Å². The van der Waals surface area contributed by atoms with Crippen LogP contribution in [0.25, 0.3) is 5.69 Å². The van der Waals surface area contributed by atoms with Crippen molar-refractivity contribution in [3.05, 3.63) is 41.6 Å². The Labute approximate surface area is 111 Å². The van der Waals surface area contributed by atoms with Crippen molar-refractivity contribution in [3.63, 3.8) is 0 Å². The fraction of sp³-hybridized carbons (Fsp3) is 0.286. The molecule has 0 saturated heterocycles. The number of hydrogen-bond acceptors (Lipinski definition) is 4. The van der Waals surface area contributed by atoms with E-state index in [1.807, 2.05) is 30.3 Å². The molecule has 98 valence electrons. The highest BCUT2D eigenvalue weighted by atomic mass is 16.5. The van der Waals surface area contributed by atoms with E-state index in [1.54, 1.807) is 4.68 Å². The molecule has 2 aromatic rings. The summed E-state index contributed by atoms with van der Waals surface area (Å²) >= 11 is 0. The highest BCUT2D eigenvalue weighted by Crippen LogP contribution is 2.28. The van der Waals surface area contributed by atoms with Crippen molar-refractivity contribution >= 4 is 11.8 Å². The molecule has 3 rings (SSSR count). The van der Waals surface area contributed by atoms with E-state index in [1.165, 1.54) is 7.11 Å². The Bertz CT molecular complexity index is 605. The predicted octanol–water partition coefficient (Wildman–Crippen LogP) is 2.02. The van der Waals surface area contributed by atoms with Crippen LogP contribution in [0.5, 0.6) is 0 Å². The number of anilines is 1. The summed E-state index contributed by atoms with van der Waals surface area (Å²) in [5.41, 5.74) is 2.29. The minimum Gasteiger partial charge on any atom is -0.464 e. The highest BCUT2D eigenvalue weighted by molar-refractivity contribution is 5.91. The van der Waals surface area contributed by atoms with Crippen molar-refractivity contribution in [3.8, 4) is 5.69 Å². The number of nitrogens with zero attached hydrogens (tertiary/aromatic N) is 2. The van der Waals surface area contributed by atoms with Gasteiger partial charge in [0, 0.05) is 12.1 Å². The van der Waals surface area contributed by atoms with Crippen molar-refractivity contribution in [2.45, 2.75) is 12.8 Å². The van der Waals surface area contributed by atoms with Crippen LogP contribution in [0.1, 0.15) is 22.5 Å². The molecule has 1 aromatic carbocycles. The predicted molar refractivity (Wildman–Crippen MR) is 71.7 cm³/mol. The maximum atomic E-state index is 11.8. The van der Waals surface area contributed by atoms with E-state index >= 15 is 0 Å². The van der Waals surface area contributed by atoms with Crippen LogP contribution >= 0.6 is 0 Å². The van der Waals surface area contributed by atoms with Crippen LogP contribution in [-0.2, 0) is 11.2 Å². The minimum absolute atomic E-state index is 0.380. The smallest absolute Gasteiger partial charge is 0.358 e. The van der Waals surface area contributed by atoms with E-state index in [2.05, 4.69) is 10.4 Å². The Balaban J connectivity index is 2.15. The number of nitrogens with one attached hydrogen (secondary N) is 1. The number of esters is 1. The first kappa shape index (κ1) is 11.8. The number of methoxy groups -OCH3 is 1. The maximum absolute atomic E-state index is 11.8. The van der Waals surface area contributed by atoms with Gasteiger partial charge in [0.2, 0.25) is 0 Å². The number of para-hydroxylation sites is 1. The molecular formula is C14H15N3O2. The first-order chi connectivity index (χ1) is 9.31. The molecule has 1 aliphatic heterocycles. The van der Waals surface area contributed by atoms with Crippen molar-refractivity contribution in [2.75, 3.05) is 19.0 Å². The van der Waals surface area contributed by atoms with Gasteiger partial charge in [-0.3, -0.25) is 0 Å². The van der Waals surface area contributed by atoms with Gasteiger partial charge < -0.3 is 10.1 Å². The second kappa shape index (κ2) is 4.76. The monoisotopic (exact) mass is 257 g/mol. The molecule has 0 aliphatic carbocycles. The highest BCUT2D eigenvalue weighted by Gasteiger charge is 2.25. The van der Waals surface area contributed by atoms with Crippen LogP contribution in [0.15, 0.2) is 30.3 Å². The molecular weight excluding hydrogens is 242 g/mol. The minimum atomic E-state index is -0.380. The average Bonchev–Trinajstić information content (AvgIpc) is 2.87. The summed E-state index contributed by atoms with van der Waals surface area (Å²) in [6, 6.07) is 9.78. The van der Waals surface area contributed by atoms with Gasteiger partial charge in [0.25, 0.3) is 0 Å². The summed E-state index contributed by atoms with van der Waals surface area (Å²) in [5, 5.41) is 7.73. The normalized spacial score (nSPS) is 13.5. The molecule has 2 heterocycles. The number of aromatic nitrogens is 2. The molecule has 0 amide bonds. The Morgan fingerprint density at radius 3 is 2.89 bits per heavy atom. The van der Waals surface area contributed by atoms with Crippen LogP contribution in [-0.4, -0.2) is 29.4 Å². The lowest BCUT2D eigenvalue weighted by atomic mass is 10.1.